The molecule has 4 nitrogen and oxygen atoms in total. The minimum atomic E-state index is 0.0684. The first-order valence-electron chi connectivity index (χ1n) is 7.64. The zero-order valence-corrected chi connectivity index (χ0v) is 13.4. The molecule has 0 saturated carbocycles. The van der Waals surface area contributed by atoms with E-state index in [1.165, 1.54) is 11.1 Å². The van der Waals surface area contributed by atoms with Crippen LogP contribution in [0.4, 0.5) is 0 Å². The molecule has 0 saturated heterocycles. The second kappa shape index (κ2) is 9.06. The van der Waals surface area contributed by atoms with Crippen molar-refractivity contribution in [2.75, 3.05) is 20.3 Å². The Morgan fingerprint density at radius 2 is 1.48 bits per heavy atom. The normalized spacial score (nSPS) is 10.7. The standard InChI is InChI=1S/C19H22N2O2/c1-23-11-10-21(13-17-4-2-16(12-20)3-5-17)14-18-6-8-19(15-22)9-7-18/h2-9,22H,10-11,13-15H2,1H3. The maximum Gasteiger partial charge on any atom is 0.0991 e. The van der Waals surface area contributed by atoms with Gasteiger partial charge in [0, 0.05) is 26.7 Å². The molecule has 23 heavy (non-hydrogen) atoms. The number of benzene rings is 2. The van der Waals surface area contributed by atoms with Crippen LogP contribution in [0, 0.1) is 11.3 Å². The van der Waals surface area contributed by atoms with Crippen LogP contribution in [0.15, 0.2) is 48.5 Å². The van der Waals surface area contributed by atoms with Crippen LogP contribution >= 0.6 is 0 Å². The fourth-order valence-corrected chi connectivity index (χ4v) is 2.39. The number of methoxy groups -OCH3 is 1. The van der Waals surface area contributed by atoms with Gasteiger partial charge in [-0.3, -0.25) is 4.90 Å². The SMILES string of the molecule is COCCN(Cc1ccc(C#N)cc1)Cc1ccc(CO)cc1. The van der Waals surface area contributed by atoms with Crippen molar-refractivity contribution in [3.05, 3.63) is 70.8 Å². The number of hydrogen-bond donors (Lipinski definition) is 1. The summed E-state index contributed by atoms with van der Waals surface area (Å²) in [6.07, 6.45) is 0. The zero-order chi connectivity index (χ0) is 16.5. The molecule has 4 heteroatoms. The van der Waals surface area contributed by atoms with Gasteiger partial charge in [-0.2, -0.15) is 5.26 Å². The van der Waals surface area contributed by atoms with Crippen LogP contribution in [0.2, 0.25) is 0 Å². The van der Waals surface area contributed by atoms with E-state index in [9.17, 15) is 0 Å². The summed E-state index contributed by atoms with van der Waals surface area (Å²) in [5.74, 6) is 0. The molecule has 0 heterocycles. The second-order valence-electron chi connectivity index (χ2n) is 5.49. The Labute approximate surface area is 137 Å². The highest BCUT2D eigenvalue weighted by Gasteiger charge is 2.07. The van der Waals surface area contributed by atoms with E-state index < -0.39 is 0 Å². The highest BCUT2D eigenvalue weighted by atomic mass is 16.5. The van der Waals surface area contributed by atoms with E-state index in [1.54, 1.807) is 7.11 Å². The first-order chi connectivity index (χ1) is 11.2. The summed E-state index contributed by atoms with van der Waals surface area (Å²) < 4.78 is 5.20. The van der Waals surface area contributed by atoms with E-state index in [0.29, 0.717) is 12.2 Å². The number of nitrogens with zero attached hydrogens (tertiary/aromatic N) is 2. The van der Waals surface area contributed by atoms with E-state index in [4.69, 9.17) is 15.1 Å². The van der Waals surface area contributed by atoms with Crippen molar-refractivity contribution in [3.8, 4) is 6.07 Å². The Kier molecular flexibility index (Phi) is 6.76. The summed E-state index contributed by atoms with van der Waals surface area (Å²) in [5.41, 5.74) is 3.97. The molecule has 0 amide bonds. The van der Waals surface area contributed by atoms with Crippen LogP contribution in [-0.2, 0) is 24.4 Å². The second-order valence-corrected chi connectivity index (χ2v) is 5.49. The van der Waals surface area contributed by atoms with Crippen LogP contribution in [0.5, 0.6) is 0 Å². The molecule has 0 radical (unpaired) electrons. The molecular formula is C19H22N2O2. The third kappa shape index (κ3) is 5.50. The molecule has 0 atom stereocenters. The average molecular weight is 310 g/mol. The Hall–Kier alpha value is -2.19. The zero-order valence-electron chi connectivity index (χ0n) is 13.4. The smallest absolute Gasteiger partial charge is 0.0991 e. The summed E-state index contributed by atoms with van der Waals surface area (Å²) >= 11 is 0. The predicted octanol–water partition coefficient (Wildman–Crippen LogP) is 2.70. The topological polar surface area (TPSA) is 56.5 Å². The quantitative estimate of drug-likeness (QED) is 0.814. The Morgan fingerprint density at radius 3 is 1.96 bits per heavy atom. The molecule has 2 rings (SSSR count). The molecule has 0 aliphatic heterocycles. The van der Waals surface area contributed by atoms with E-state index >= 15 is 0 Å². The van der Waals surface area contributed by atoms with E-state index in [2.05, 4.69) is 11.0 Å². The van der Waals surface area contributed by atoms with Gasteiger partial charge < -0.3 is 9.84 Å². The third-order valence-corrected chi connectivity index (χ3v) is 3.71. The van der Waals surface area contributed by atoms with Gasteiger partial charge in [-0.05, 0) is 28.8 Å². The molecule has 120 valence electrons. The summed E-state index contributed by atoms with van der Waals surface area (Å²) in [4.78, 5) is 2.30. The number of nitriles is 1. The van der Waals surface area contributed by atoms with Gasteiger partial charge in [0.15, 0.2) is 0 Å². The molecule has 0 aliphatic carbocycles. The maximum absolute atomic E-state index is 9.11. The van der Waals surface area contributed by atoms with Crippen molar-refractivity contribution in [2.24, 2.45) is 0 Å². The first-order valence-corrected chi connectivity index (χ1v) is 7.64. The van der Waals surface area contributed by atoms with Gasteiger partial charge in [0.2, 0.25) is 0 Å². The van der Waals surface area contributed by atoms with Crippen LogP contribution in [0.1, 0.15) is 22.3 Å². The number of aliphatic hydroxyl groups excluding tert-OH is 1. The van der Waals surface area contributed by atoms with E-state index in [1.807, 2.05) is 48.5 Å². The molecule has 0 fully saturated rings. The van der Waals surface area contributed by atoms with Gasteiger partial charge in [0.05, 0.1) is 24.8 Å². The summed E-state index contributed by atoms with van der Waals surface area (Å²) in [6.45, 7) is 3.19. The van der Waals surface area contributed by atoms with Crippen molar-refractivity contribution in [1.29, 1.82) is 5.26 Å². The average Bonchev–Trinajstić information content (AvgIpc) is 2.61. The lowest BCUT2D eigenvalue weighted by atomic mass is 10.1. The van der Waals surface area contributed by atoms with Crippen molar-refractivity contribution < 1.29 is 9.84 Å². The predicted molar refractivity (Wildman–Crippen MR) is 89.5 cm³/mol. The fourth-order valence-electron chi connectivity index (χ4n) is 2.39. The van der Waals surface area contributed by atoms with Gasteiger partial charge in [0.1, 0.15) is 0 Å². The van der Waals surface area contributed by atoms with Crippen molar-refractivity contribution in [1.82, 2.24) is 4.90 Å². The fraction of sp³-hybridized carbons (Fsp3) is 0.316. The summed E-state index contributed by atoms with van der Waals surface area (Å²) in [6, 6.07) is 17.8. The number of rotatable bonds is 8. The molecule has 0 bridgehead atoms. The lowest BCUT2D eigenvalue weighted by Crippen LogP contribution is -2.26. The highest BCUT2D eigenvalue weighted by Crippen LogP contribution is 2.12. The van der Waals surface area contributed by atoms with Crippen LogP contribution in [0.3, 0.4) is 0 Å². The number of ether oxygens (including phenoxy) is 1. The lowest BCUT2D eigenvalue weighted by molar-refractivity contribution is 0.140. The van der Waals surface area contributed by atoms with Gasteiger partial charge in [-0.25, -0.2) is 0 Å². The van der Waals surface area contributed by atoms with Crippen LogP contribution in [-0.4, -0.2) is 30.3 Å². The monoisotopic (exact) mass is 310 g/mol. The van der Waals surface area contributed by atoms with E-state index in [0.717, 1.165) is 25.2 Å². The third-order valence-electron chi connectivity index (χ3n) is 3.71. The highest BCUT2D eigenvalue weighted by molar-refractivity contribution is 5.31. The summed E-state index contributed by atoms with van der Waals surface area (Å²) in [5, 5.41) is 18.0. The molecule has 0 aromatic heterocycles. The lowest BCUT2D eigenvalue weighted by Gasteiger charge is -2.22. The van der Waals surface area contributed by atoms with Gasteiger partial charge >= 0.3 is 0 Å². The van der Waals surface area contributed by atoms with Gasteiger partial charge in [-0.1, -0.05) is 36.4 Å². The Balaban J connectivity index is 2.04. The van der Waals surface area contributed by atoms with Crippen LogP contribution < -0.4 is 0 Å². The molecule has 0 spiro atoms. The molecular weight excluding hydrogens is 288 g/mol. The molecule has 0 aliphatic rings. The largest absolute Gasteiger partial charge is 0.392 e. The molecule has 0 unspecified atom stereocenters. The van der Waals surface area contributed by atoms with Gasteiger partial charge in [-0.15, -0.1) is 0 Å². The van der Waals surface area contributed by atoms with Gasteiger partial charge in [0.25, 0.3) is 0 Å². The Bertz CT molecular complexity index is 630. The first kappa shape index (κ1) is 17.2. The summed E-state index contributed by atoms with van der Waals surface area (Å²) in [7, 11) is 1.70. The van der Waals surface area contributed by atoms with Crippen molar-refractivity contribution in [3.63, 3.8) is 0 Å². The molecule has 1 N–H and O–H groups in total. The van der Waals surface area contributed by atoms with Crippen molar-refractivity contribution in [2.45, 2.75) is 19.7 Å². The molecule has 2 aromatic carbocycles. The van der Waals surface area contributed by atoms with Crippen molar-refractivity contribution >= 4 is 0 Å². The minimum absolute atomic E-state index is 0.0684. The number of hydrogen-bond acceptors (Lipinski definition) is 4. The van der Waals surface area contributed by atoms with Crippen LogP contribution in [0.25, 0.3) is 0 Å². The minimum Gasteiger partial charge on any atom is -0.392 e. The molecule has 2 aromatic rings. The maximum atomic E-state index is 9.11. The Morgan fingerprint density at radius 1 is 0.957 bits per heavy atom. The van der Waals surface area contributed by atoms with E-state index in [-0.39, 0.29) is 6.61 Å². The number of aliphatic hydroxyl groups is 1.